The van der Waals surface area contributed by atoms with Crippen molar-refractivity contribution in [1.29, 1.82) is 0 Å². The second kappa shape index (κ2) is 6.82. The summed E-state index contributed by atoms with van der Waals surface area (Å²) in [4.78, 5) is 51.8. The van der Waals surface area contributed by atoms with Crippen LogP contribution in [-0.2, 0) is 21.0 Å². The quantitative estimate of drug-likeness (QED) is 0.258. The molecule has 9 nitrogen and oxygen atoms in total. The number of rotatable bonds is 3. The molecule has 0 aromatic heterocycles. The number of carbonyl (C=O) groups is 4. The van der Waals surface area contributed by atoms with Crippen molar-refractivity contribution in [3.8, 4) is 0 Å². The van der Waals surface area contributed by atoms with Crippen LogP contribution in [0, 0.1) is 6.92 Å². The topological polar surface area (TPSA) is 136 Å². The number of anilines is 1. The Morgan fingerprint density at radius 2 is 1.70 bits per heavy atom. The van der Waals surface area contributed by atoms with Crippen LogP contribution in [0.2, 0.25) is 0 Å². The third-order valence-corrected chi connectivity index (χ3v) is 5.14. The molecule has 152 valence electrons. The first-order chi connectivity index (χ1) is 14.3. The van der Waals surface area contributed by atoms with Gasteiger partial charge in [-0.2, -0.15) is 0 Å². The number of hydrogen-bond donors (Lipinski definition) is 4. The molecule has 2 heterocycles. The molecule has 0 radical (unpaired) electrons. The van der Waals surface area contributed by atoms with Crippen LogP contribution in [0.15, 0.2) is 54.1 Å². The van der Waals surface area contributed by atoms with E-state index in [9.17, 15) is 29.4 Å². The first-order valence-corrected chi connectivity index (χ1v) is 9.03. The number of para-hydroxylation sites is 1. The van der Waals surface area contributed by atoms with Gasteiger partial charge in [-0.3, -0.25) is 24.6 Å². The molecule has 2 aliphatic heterocycles. The van der Waals surface area contributed by atoms with Crippen LogP contribution in [0.1, 0.15) is 16.7 Å². The summed E-state index contributed by atoms with van der Waals surface area (Å²) in [6.45, 7) is 1.35. The van der Waals surface area contributed by atoms with Crippen molar-refractivity contribution in [1.82, 2.24) is 10.6 Å². The SMILES string of the molecule is Cc1ccc(/C(O)=C2\C(=O)C(=O)N(c3ccccc3CO)C23NC(=O)NC3=O)cc1. The van der Waals surface area contributed by atoms with Gasteiger partial charge >= 0.3 is 11.9 Å². The van der Waals surface area contributed by atoms with Gasteiger partial charge in [0.2, 0.25) is 5.66 Å². The van der Waals surface area contributed by atoms with Crippen LogP contribution < -0.4 is 15.5 Å². The molecule has 9 heteroatoms. The molecular formula is C21H17N3O6. The molecule has 1 atom stereocenters. The Kier molecular flexibility index (Phi) is 4.39. The van der Waals surface area contributed by atoms with Gasteiger partial charge in [0.15, 0.2) is 0 Å². The summed E-state index contributed by atoms with van der Waals surface area (Å²) in [6.07, 6.45) is 0. The Morgan fingerprint density at radius 3 is 2.30 bits per heavy atom. The molecule has 2 aromatic carbocycles. The summed E-state index contributed by atoms with van der Waals surface area (Å²) in [5, 5.41) is 25.0. The van der Waals surface area contributed by atoms with Crippen LogP contribution in [0.5, 0.6) is 0 Å². The van der Waals surface area contributed by atoms with Gasteiger partial charge in [-0.1, -0.05) is 48.0 Å². The van der Waals surface area contributed by atoms with E-state index in [1.807, 2.05) is 12.2 Å². The van der Waals surface area contributed by atoms with Crippen molar-refractivity contribution in [3.05, 3.63) is 70.8 Å². The smallest absolute Gasteiger partial charge is 0.324 e. The molecule has 0 saturated carbocycles. The van der Waals surface area contributed by atoms with E-state index in [-0.39, 0.29) is 16.8 Å². The first kappa shape index (κ1) is 19.3. The van der Waals surface area contributed by atoms with Gasteiger partial charge in [0.1, 0.15) is 11.3 Å². The van der Waals surface area contributed by atoms with Crippen molar-refractivity contribution < 1.29 is 29.4 Å². The van der Waals surface area contributed by atoms with E-state index in [2.05, 4.69) is 5.32 Å². The molecule has 4 rings (SSSR count). The Hall–Kier alpha value is -3.98. The molecule has 0 bridgehead atoms. The second-order valence-corrected chi connectivity index (χ2v) is 6.96. The molecule has 2 aliphatic rings. The number of amides is 4. The molecule has 4 amide bonds. The van der Waals surface area contributed by atoms with Crippen LogP contribution in [0.3, 0.4) is 0 Å². The minimum Gasteiger partial charge on any atom is -0.507 e. The number of hydrogen-bond acceptors (Lipinski definition) is 6. The predicted octanol–water partition coefficient (Wildman–Crippen LogP) is 0.908. The molecule has 2 fully saturated rings. The molecular weight excluding hydrogens is 390 g/mol. The Labute approximate surface area is 170 Å². The Morgan fingerprint density at radius 1 is 1.03 bits per heavy atom. The average Bonchev–Trinajstić information content (AvgIpc) is 3.14. The molecule has 2 aromatic rings. The van der Waals surface area contributed by atoms with Crippen LogP contribution in [0.4, 0.5) is 10.5 Å². The third-order valence-electron chi connectivity index (χ3n) is 5.14. The highest BCUT2D eigenvalue weighted by molar-refractivity contribution is 6.55. The lowest BCUT2D eigenvalue weighted by molar-refractivity contribution is -0.132. The standard InChI is InChI=1S/C21H17N3O6/c1-11-6-8-12(9-7-11)16(26)15-17(27)18(28)24(14-5-3-2-4-13(14)10-25)21(15)19(29)22-20(30)23-21/h2-9,25-26H,10H2,1H3,(H2,22,23,29,30)/b16-15-. The zero-order valence-electron chi connectivity index (χ0n) is 15.8. The maximum atomic E-state index is 13.0. The van der Waals surface area contributed by atoms with E-state index in [1.54, 1.807) is 24.3 Å². The van der Waals surface area contributed by atoms with Crippen LogP contribution in [0.25, 0.3) is 5.76 Å². The van der Waals surface area contributed by atoms with Crippen molar-refractivity contribution in [3.63, 3.8) is 0 Å². The zero-order valence-corrected chi connectivity index (χ0v) is 15.8. The molecule has 30 heavy (non-hydrogen) atoms. The summed E-state index contributed by atoms with van der Waals surface area (Å²) < 4.78 is 0. The van der Waals surface area contributed by atoms with E-state index in [0.717, 1.165) is 10.5 Å². The number of aliphatic hydroxyl groups excluding tert-OH is 2. The van der Waals surface area contributed by atoms with Gasteiger partial charge in [0.05, 0.1) is 12.3 Å². The van der Waals surface area contributed by atoms with Crippen molar-refractivity contribution in [2.24, 2.45) is 0 Å². The molecule has 2 saturated heterocycles. The fourth-order valence-electron chi connectivity index (χ4n) is 3.70. The fraction of sp³-hybridized carbons (Fsp3) is 0.143. The molecule has 1 unspecified atom stereocenters. The summed E-state index contributed by atoms with van der Waals surface area (Å²) in [6, 6.07) is 11.6. The van der Waals surface area contributed by atoms with Crippen LogP contribution in [-0.4, -0.2) is 39.5 Å². The highest BCUT2D eigenvalue weighted by Crippen LogP contribution is 2.41. The number of nitrogens with one attached hydrogen (secondary N) is 2. The lowest BCUT2D eigenvalue weighted by atomic mass is 9.94. The fourth-order valence-corrected chi connectivity index (χ4v) is 3.70. The van der Waals surface area contributed by atoms with Crippen molar-refractivity contribution >= 4 is 35.1 Å². The molecule has 4 N–H and O–H groups in total. The highest BCUT2D eigenvalue weighted by Gasteiger charge is 2.66. The summed E-state index contributed by atoms with van der Waals surface area (Å²) in [5.41, 5.74) is -1.45. The molecule has 1 spiro atoms. The lowest BCUT2D eigenvalue weighted by Crippen LogP contribution is -2.60. The average molecular weight is 407 g/mol. The minimum absolute atomic E-state index is 0.0578. The predicted molar refractivity (Wildman–Crippen MR) is 105 cm³/mol. The van der Waals surface area contributed by atoms with Gasteiger partial charge in [-0.05, 0) is 13.0 Å². The lowest BCUT2D eigenvalue weighted by Gasteiger charge is -2.33. The molecule has 0 aliphatic carbocycles. The number of aryl methyl sites for hydroxylation is 1. The highest BCUT2D eigenvalue weighted by atomic mass is 16.3. The van der Waals surface area contributed by atoms with Crippen molar-refractivity contribution in [2.45, 2.75) is 19.2 Å². The van der Waals surface area contributed by atoms with E-state index in [4.69, 9.17) is 0 Å². The van der Waals surface area contributed by atoms with E-state index < -0.39 is 47.2 Å². The maximum absolute atomic E-state index is 13.0. The number of urea groups is 1. The number of aliphatic hydroxyl groups is 2. The summed E-state index contributed by atoms with van der Waals surface area (Å²) in [7, 11) is 0. The third kappa shape index (κ3) is 2.60. The maximum Gasteiger partial charge on any atom is 0.324 e. The number of benzene rings is 2. The van der Waals surface area contributed by atoms with Crippen molar-refractivity contribution in [2.75, 3.05) is 4.90 Å². The number of imide groups is 1. The Balaban J connectivity index is 2.02. The normalized spacial score (nSPS) is 22.5. The minimum atomic E-state index is -2.29. The van der Waals surface area contributed by atoms with Gasteiger partial charge in [-0.25, -0.2) is 4.79 Å². The van der Waals surface area contributed by atoms with Gasteiger partial charge in [0, 0.05) is 11.1 Å². The van der Waals surface area contributed by atoms with Gasteiger partial charge < -0.3 is 15.5 Å². The number of ketones is 1. The zero-order chi connectivity index (χ0) is 21.6. The van der Waals surface area contributed by atoms with E-state index in [1.165, 1.54) is 24.3 Å². The van der Waals surface area contributed by atoms with Gasteiger partial charge in [-0.15, -0.1) is 0 Å². The Bertz CT molecular complexity index is 1140. The first-order valence-electron chi connectivity index (χ1n) is 9.03. The monoisotopic (exact) mass is 407 g/mol. The number of carbonyl (C=O) groups excluding carboxylic acids is 4. The largest absolute Gasteiger partial charge is 0.507 e. The van der Waals surface area contributed by atoms with E-state index >= 15 is 0 Å². The second-order valence-electron chi connectivity index (χ2n) is 6.96. The van der Waals surface area contributed by atoms with E-state index in [0.29, 0.717) is 0 Å². The number of Topliss-reactive ketones (excluding diaryl/α,β-unsaturated/α-hetero) is 1. The van der Waals surface area contributed by atoms with Gasteiger partial charge in [0.25, 0.3) is 11.7 Å². The summed E-state index contributed by atoms with van der Waals surface area (Å²) in [5.74, 6) is -3.86. The van der Waals surface area contributed by atoms with Crippen LogP contribution >= 0.6 is 0 Å². The summed E-state index contributed by atoms with van der Waals surface area (Å²) >= 11 is 0. The number of nitrogens with zero attached hydrogens (tertiary/aromatic N) is 1.